The average molecular weight is 335 g/mol. The van der Waals surface area contributed by atoms with Crippen molar-refractivity contribution in [3.8, 4) is 17.0 Å². The van der Waals surface area contributed by atoms with Crippen LogP contribution in [0.1, 0.15) is 12.7 Å². The van der Waals surface area contributed by atoms with Crippen molar-refractivity contribution in [2.45, 2.75) is 19.9 Å². The van der Waals surface area contributed by atoms with Crippen LogP contribution in [-0.2, 0) is 13.0 Å². The van der Waals surface area contributed by atoms with Gasteiger partial charge in [-0.05, 0) is 12.1 Å². The maximum absolute atomic E-state index is 12.5. The van der Waals surface area contributed by atoms with Crippen molar-refractivity contribution in [3.05, 3.63) is 76.8 Å². The summed E-state index contributed by atoms with van der Waals surface area (Å²) in [6, 6.07) is 18.6. The van der Waals surface area contributed by atoms with Gasteiger partial charge in [-0.2, -0.15) is 0 Å². The van der Waals surface area contributed by atoms with E-state index in [1.807, 2.05) is 55.5 Å². The van der Waals surface area contributed by atoms with Gasteiger partial charge in [-0.1, -0.05) is 49.4 Å². The van der Waals surface area contributed by atoms with Gasteiger partial charge in [0, 0.05) is 18.1 Å². The fourth-order valence-electron chi connectivity index (χ4n) is 2.68. The summed E-state index contributed by atoms with van der Waals surface area (Å²) in [7, 11) is 0. The molecule has 128 valence electrons. The number of para-hydroxylation sites is 2. The number of nitrogen functional groups attached to an aromatic ring is 1. The number of nitrogens with two attached hydrogens (primary N) is 1. The second kappa shape index (κ2) is 7.66. The number of rotatable bonds is 6. The van der Waals surface area contributed by atoms with Crippen LogP contribution in [0.2, 0.25) is 0 Å². The summed E-state index contributed by atoms with van der Waals surface area (Å²) in [6.07, 6.45) is 0.670. The molecule has 0 aliphatic carbocycles. The molecule has 0 aliphatic rings. The fourth-order valence-corrected chi connectivity index (χ4v) is 2.68. The fraction of sp³-hybridized carbons (Fsp3) is 0.200. The third kappa shape index (κ3) is 3.88. The van der Waals surface area contributed by atoms with Crippen molar-refractivity contribution in [2.75, 3.05) is 12.3 Å². The Labute approximate surface area is 146 Å². The lowest BCUT2D eigenvalue weighted by Gasteiger charge is -2.14. The molecule has 0 bridgehead atoms. The van der Waals surface area contributed by atoms with E-state index in [-0.39, 0.29) is 5.56 Å². The van der Waals surface area contributed by atoms with Gasteiger partial charge in [0.15, 0.2) is 0 Å². The van der Waals surface area contributed by atoms with E-state index in [0.717, 1.165) is 11.4 Å². The Hall–Kier alpha value is -3.08. The SMILES string of the molecule is CCc1nc(-c2ccccc2)cc(=O)n1CCOc1ccccc1N. The first-order chi connectivity index (χ1) is 12.2. The molecule has 2 aromatic carbocycles. The highest BCUT2D eigenvalue weighted by molar-refractivity contribution is 5.58. The second-order valence-corrected chi connectivity index (χ2v) is 5.65. The van der Waals surface area contributed by atoms with Crippen LogP contribution < -0.4 is 16.0 Å². The zero-order chi connectivity index (χ0) is 17.6. The van der Waals surface area contributed by atoms with Crippen molar-refractivity contribution in [1.82, 2.24) is 9.55 Å². The Balaban J connectivity index is 1.80. The molecular formula is C20H21N3O2. The molecule has 1 heterocycles. The van der Waals surface area contributed by atoms with Crippen molar-refractivity contribution < 1.29 is 4.74 Å². The molecule has 2 N–H and O–H groups in total. The topological polar surface area (TPSA) is 70.1 Å². The molecule has 3 aromatic rings. The van der Waals surface area contributed by atoms with Gasteiger partial charge in [0.1, 0.15) is 18.2 Å². The molecule has 0 atom stereocenters. The molecule has 0 saturated heterocycles. The lowest BCUT2D eigenvalue weighted by atomic mass is 10.1. The maximum atomic E-state index is 12.5. The van der Waals surface area contributed by atoms with Crippen LogP contribution in [0.25, 0.3) is 11.3 Å². The number of anilines is 1. The molecule has 0 saturated carbocycles. The maximum Gasteiger partial charge on any atom is 0.254 e. The average Bonchev–Trinajstić information content (AvgIpc) is 2.65. The van der Waals surface area contributed by atoms with E-state index < -0.39 is 0 Å². The van der Waals surface area contributed by atoms with Crippen LogP contribution in [0, 0.1) is 0 Å². The van der Waals surface area contributed by atoms with Gasteiger partial charge in [0.2, 0.25) is 0 Å². The van der Waals surface area contributed by atoms with Crippen LogP contribution in [-0.4, -0.2) is 16.2 Å². The summed E-state index contributed by atoms with van der Waals surface area (Å²) in [5.41, 5.74) is 8.02. The van der Waals surface area contributed by atoms with E-state index in [1.165, 1.54) is 0 Å². The number of hydrogen-bond donors (Lipinski definition) is 1. The molecule has 3 rings (SSSR count). The first-order valence-corrected chi connectivity index (χ1v) is 8.32. The number of nitrogens with zero attached hydrogens (tertiary/aromatic N) is 2. The third-order valence-electron chi connectivity index (χ3n) is 3.96. The summed E-state index contributed by atoms with van der Waals surface area (Å²) in [4.78, 5) is 17.2. The molecule has 0 aliphatic heterocycles. The van der Waals surface area contributed by atoms with Gasteiger partial charge in [-0.15, -0.1) is 0 Å². The molecule has 0 radical (unpaired) electrons. The Kier molecular flexibility index (Phi) is 5.14. The first kappa shape index (κ1) is 16.8. The zero-order valence-electron chi connectivity index (χ0n) is 14.2. The molecule has 5 nitrogen and oxygen atoms in total. The summed E-state index contributed by atoms with van der Waals surface area (Å²) in [5.74, 6) is 1.37. The van der Waals surface area contributed by atoms with Crippen LogP contribution >= 0.6 is 0 Å². The first-order valence-electron chi connectivity index (χ1n) is 8.32. The summed E-state index contributed by atoms with van der Waals surface area (Å²) < 4.78 is 7.36. The number of aryl methyl sites for hydroxylation is 1. The smallest absolute Gasteiger partial charge is 0.254 e. The van der Waals surface area contributed by atoms with Crippen LogP contribution in [0.15, 0.2) is 65.5 Å². The largest absolute Gasteiger partial charge is 0.490 e. The molecule has 0 amide bonds. The quantitative estimate of drug-likeness (QED) is 0.703. The molecule has 0 unspecified atom stereocenters. The van der Waals surface area contributed by atoms with Crippen LogP contribution in [0.5, 0.6) is 5.75 Å². The number of aromatic nitrogens is 2. The molecular weight excluding hydrogens is 314 g/mol. The predicted octanol–water partition coefficient (Wildman–Crippen LogP) is 3.13. The Morgan fingerprint density at radius 2 is 1.80 bits per heavy atom. The minimum absolute atomic E-state index is 0.0738. The second-order valence-electron chi connectivity index (χ2n) is 5.65. The number of ether oxygens (including phenoxy) is 1. The minimum atomic E-state index is -0.0738. The highest BCUT2D eigenvalue weighted by atomic mass is 16.5. The monoisotopic (exact) mass is 335 g/mol. The third-order valence-corrected chi connectivity index (χ3v) is 3.96. The van der Waals surface area contributed by atoms with E-state index in [4.69, 9.17) is 10.5 Å². The summed E-state index contributed by atoms with van der Waals surface area (Å²) >= 11 is 0. The van der Waals surface area contributed by atoms with Crippen LogP contribution in [0.4, 0.5) is 5.69 Å². The standard InChI is InChI=1S/C20H21N3O2/c1-2-19-22-17(15-8-4-3-5-9-15)14-20(24)23(19)12-13-25-18-11-7-6-10-16(18)21/h3-11,14H,2,12-13,21H2,1H3. The van der Waals surface area contributed by atoms with Gasteiger partial charge in [-0.3, -0.25) is 9.36 Å². The van der Waals surface area contributed by atoms with Gasteiger partial charge in [0.25, 0.3) is 5.56 Å². The minimum Gasteiger partial charge on any atom is -0.490 e. The zero-order valence-corrected chi connectivity index (χ0v) is 14.2. The summed E-state index contributed by atoms with van der Waals surface area (Å²) in [6.45, 7) is 2.77. The Morgan fingerprint density at radius 1 is 1.08 bits per heavy atom. The molecule has 1 aromatic heterocycles. The number of benzene rings is 2. The molecule has 25 heavy (non-hydrogen) atoms. The summed E-state index contributed by atoms with van der Waals surface area (Å²) in [5, 5.41) is 0. The van der Waals surface area contributed by atoms with Crippen LogP contribution in [0.3, 0.4) is 0 Å². The van der Waals surface area contributed by atoms with E-state index in [9.17, 15) is 4.79 Å². The molecule has 0 spiro atoms. The van der Waals surface area contributed by atoms with Crippen molar-refractivity contribution in [1.29, 1.82) is 0 Å². The highest BCUT2D eigenvalue weighted by Crippen LogP contribution is 2.19. The van der Waals surface area contributed by atoms with E-state index in [0.29, 0.717) is 36.7 Å². The lowest BCUT2D eigenvalue weighted by molar-refractivity contribution is 0.295. The molecule has 0 fully saturated rings. The van der Waals surface area contributed by atoms with E-state index in [2.05, 4.69) is 4.98 Å². The molecule has 5 heteroatoms. The van der Waals surface area contributed by atoms with Gasteiger partial charge >= 0.3 is 0 Å². The van der Waals surface area contributed by atoms with Gasteiger partial charge in [0.05, 0.1) is 17.9 Å². The van der Waals surface area contributed by atoms with Crippen molar-refractivity contribution in [3.63, 3.8) is 0 Å². The van der Waals surface area contributed by atoms with Crippen molar-refractivity contribution in [2.24, 2.45) is 0 Å². The van der Waals surface area contributed by atoms with E-state index >= 15 is 0 Å². The number of hydrogen-bond acceptors (Lipinski definition) is 4. The van der Waals surface area contributed by atoms with Crippen molar-refractivity contribution >= 4 is 5.69 Å². The highest BCUT2D eigenvalue weighted by Gasteiger charge is 2.09. The van der Waals surface area contributed by atoms with Gasteiger partial charge < -0.3 is 10.5 Å². The normalized spacial score (nSPS) is 10.6. The lowest BCUT2D eigenvalue weighted by Crippen LogP contribution is -2.27. The van der Waals surface area contributed by atoms with E-state index in [1.54, 1.807) is 16.7 Å². The Bertz CT molecular complexity index is 904. The van der Waals surface area contributed by atoms with Gasteiger partial charge in [-0.25, -0.2) is 4.98 Å². The Morgan fingerprint density at radius 3 is 2.52 bits per heavy atom. The predicted molar refractivity (Wildman–Crippen MR) is 99.7 cm³/mol.